The van der Waals surface area contributed by atoms with Crippen molar-refractivity contribution in [2.75, 3.05) is 5.33 Å². The maximum Gasteiger partial charge on any atom is 0.0447 e. The second-order valence-electron chi connectivity index (χ2n) is 2.63. The normalized spacial score (nSPS) is 10.1. The lowest BCUT2D eigenvalue weighted by molar-refractivity contribution is 1.27. The smallest absolute Gasteiger partial charge is 0.0447 e. The molecule has 0 aliphatic rings. The van der Waals surface area contributed by atoms with Gasteiger partial charge in [-0.3, -0.25) is 0 Å². The van der Waals surface area contributed by atoms with Crippen LogP contribution >= 0.6 is 15.9 Å². The van der Waals surface area contributed by atoms with Crippen molar-refractivity contribution in [3.63, 3.8) is 0 Å². The molecule has 1 aromatic carbocycles. The lowest BCUT2D eigenvalue weighted by Gasteiger charge is -1.97. The minimum atomic E-state index is 0.667. The largest absolute Gasteiger partial charge is 0.0925 e. The molecule has 0 fully saturated rings. The zero-order valence-corrected chi connectivity index (χ0v) is 9.18. The molecule has 4 heteroatoms. The summed E-state index contributed by atoms with van der Waals surface area (Å²) in [4.78, 5) is 2.78. The lowest BCUT2D eigenvalue weighted by Crippen LogP contribution is -1.73. The first-order valence-electron chi connectivity index (χ1n) is 4.25. The third kappa shape index (κ3) is 3.24. The van der Waals surface area contributed by atoms with E-state index in [4.69, 9.17) is 5.53 Å². The predicted molar refractivity (Wildman–Crippen MR) is 62.7 cm³/mol. The molecule has 0 amide bonds. The average Bonchev–Trinajstić information content (AvgIpc) is 2.21. The predicted octanol–water partition coefficient (Wildman–Crippen LogP) is 4.43. The molecule has 0 atom stereocenters. The minimum absolute atomic E-state index is 0.667. The molecule has 0 heterocycles. The molecule has 0 bridgehead atoms. The highest BCUT2D eigenvalue weighted by Gasteiger charge is 1.93. The number of azide groups is 1. The average molecular weight is 252 g/mol. The number of hydrogen-bond donors (Lipinski definition) is 0. The van der Waals surface area contributed by atoms with E-state index < -0.39 is 0 Å². The van der Waals surface area contributed by atoms with Crippen LogP contribution in [0.3, 0.4) is 0 Å². The Morgan fingerprint density at radius 2 is 2.21 bits per heavy atom. The molecule has 0 unspecified atom stereocenters. The molecule has 0 radical (unpaired) electrons. The van der Waals surface area contributed by atoms with Crippen LogP contribution in [0.1, 0.15) is 12.0 Å². The second-order valence-corrected chi connectivity index (χ2v) is 3.42. The van der Waals surface area contributed by atoms with Gasteiger partial charge in [0.15, 0.2) is 0 Å². The number of alkyl halides is 1. The van der Waals surface area contributed by atoms with Gasteiger partial charge >= 0.3 is 0 Å². The minimum Gasteiger partial charge on any atom is -0.0925 e. The number of rotatable bonds is 4. The van der Waals surface area contributed by atoms with E-state index >= 15 is 0 Å². The Balaban J connectivity index is 2.89. The Labute approximate surface area is 91.2 Å². The van der Waals surface area contributed by atoms with Crippen LogP contribution in [0.4, 0.5) is 5.69 Å². The highest BCUT2D eigenvalue weighted by molar-refractivity contribution is 9.09. The maximum atomic E-state index is 8.34. The Bertz CT molecular complexity index is 367. The summed E-state index contributed by atoms with van der Waals surface area (Å²) in [5, 5.41) is 4.54. The molecule has 0 saturated heterocycles. The van der Waals surface area contributed by atoms with E-state index in [1.54, 1.807) is 6.07 Å². The van der Waals surface area contributed by atoms with Crippen LogP contribution < -0.4 is 0 Å². The van der Waals surface area contributed by atoms with Crippen molar-refractivity contribution in [2.24, 2.45) is 5.11 Å². The first kappa shape index (κ1) is 10.8. The van der Waals surface area contributed by atoms with Crippen LogP contribution in [0.2, 0.25) is 0 Å². The monoisotopic (exact) mass is 251 g/mol. The highest BCUT2D eigenvalue weighted by Crippen LogP contribution is 2.20. The van der Waals surface area contributed by atoms with Gasteiger partial charge in [-0.25, -0.2) is 0 Å². The van der Waals surface area contributed by atoms with E-state index in [9.17, 15) is 0 Å². The van der Waals surface area contributed by atoms with Crippen molar-refractivity contribution < 1.29 is 0 Å². The number of hydrogen-bond acceptors (Lipinski definition) is 1. The van der Waals surface area contributed by atoms with Gasteiger partial charge in [-0.2, -0.15) is 0 Å². The summed E-state index contributed by atoms with van der Waals surface area (Å²) in [6, 6.07) is 7.50. The first-order chi connectivity index (χ1) is 6.88. The van der Waals surface area contributed by atoms with E-state index in [1.165, 1.54) is 0 Å². The molecule has 3 nitrogen and oxygen atoms in total. The van der Waals surface area contributed by atoms with Gasteiger partial charge in [0.25, 0.3) is 0 Å². The quantitative estimate of drug-likeness (QED) is 0.329. The second kappa shape index (κ2) is 6.24. The number of nitrogens with zero attached hydrogens (tertiary/aromatic N) is 3. The lowest BCUT2D eigenvalue weighted by atomic mass is 10.1. The Kier molecular flexibility index (Phi) is 4.83. The summed E-state index contributed by atoms with van der Waals surface area (Å²) in [6.07, 6.45) is 4.97. The van der Waals surface area contributed by atoms with E-state index in [0.29, 0.717) is 5.69 Å². The Hall–Kier alpha value is -1.25. The van der Waals surface area contributed by atoms with Gasteiger partial charge < -0.3 is 0 Å². The van der Waals surface area contributed by atoms with Crippen molar-refractivity contribution in [1.29, 1.82) is 0 Å². The van der Waals surface area contributed by atoms with Gasteiger partial charge in [0.1, 0.15) is 0 Å². The summed E-state index contributed by atoms with van der Waals surface area (Å²) in [5.41, 5.74) is 9.96. The van der Waals surface area contributed by atoms with Gasteiger partial charge in [0.05, 0.1) is 0 Å². The van der Waals surface area contributed by atoms with Gasteiger partial charge in [0.2, 0.25) is 0 Å². The van der Waals surface area contributed by atoms with E-state index in [1.807, 2.05) is 30.4 Å². The van der Waals surface area contributed by atoms with Gasteiger partial charge in [-0.15, -0.1) is 0 Å². The highest BCUT2D eigenvalue weighted by atomic mass is 79.9. The maximum absolute atomic E-state index is 8.34. The molecule has 0 saturated carbocycles. The number of benzene rings is 1. The third-order valence-corrected chi connectivity index (χ3v) is 2.12. The van der Waals surface area contributed by atoms with Crippen LogP contribution in [-0.2, 0) is 0 Å². The molecule has 0 aliphatic carbocycles. The summed E-state index contributed by atoms with van der Waals surface area (Å²) < 4.78 is 0. The summed E-state index contributed by atoms with van der Waals surface area (Å²) >= 11 is 3.34. The summed E-state index contributed by atoms with van der Waals surface area (Å²) in [7, 11) is 0. The molecule has 0 aromatic heterocycles. The molecule has 0 N–H and O–H groups in total. The van der Waals surface area contributed by atoms with Crippen LogP contribution in [-0.4, -0.2) is 5.33 Å². The van der Waals surface area contributed by atoms with Crippen molar-refractivity contribution in [2.45, 2.75) is 6.42 Å². The van der Waals surface area contributed by atoms with E-state index in [0.717, 1.165) is 17.3 Å². The van der Waals surface area contributed by atoms with Crippen molar-refractivity contribution >= 4 is 27.7 Å². The van der Waals surface area contributed by atoms with E-state index in [2.05, 4.69) is 26.0 Å². The molecule has 1 rings (SSSR count). The zero-order chi connectivity index (χ0) is 10.2. The fourth-order valence-corrected chi connectivity index (χ4v) is 1.31. The molecule has 72 valence electrons. The fraction of sp³-hybridized carbons (Fsp3) is 0.200. The van der Waals surface area contributed by atoms with Crippen molar-refractivity contribution in [3.05, 3.63) is 46.3 Å². The van der Waals surface area contributed by atoms with Crippen molar-refractivity contribution in [1.82, 2.24) is 0 Å². The van der Waals surface area contributed by atoms with Crippen LogP contribution in [0.5, 0.6) is 0 Å². The molecular weight excluding hydrogens is 242 g/mol. The van der Waals surface area contributed by atoms with Gasteiger partial charge in [-0.1, -0.05) is 57.5 Å². The summed E-state index contributed by atoms with van der Waals surface area (Å²) in [6.45, 7) is 0. The molecule has 0 spiro atoms. The molecule has 1 aromatic rings. The molecule has 0 aliphatic heterocycles. The van der Waals surface area contributed by atoms with E-state index in [-0.39, 0.29) is 0 Å². The zero-order valence-electron chi connectivity index (χ0n) is 7.60. The Morgan fingerprint density at radius 1 is 1.43 bits per heavy atom. The van der Waals surface area contributed by atoms with Gasteiger partial charge in [0, 0.05) is 15.9 Å². The topological polar surface area (TPSA) is 48.8 Å². The van der Waals surface area contributed by atoms with Crippen LogP contribution in [0.15, 0.2) is 35.5 Å². The van der Waals surface area contributed by atoms with Gasteiger partial charge in [-0.05, 0) is 17.5 Å². The standard InChI is InChI=1S/C10H10BrN3/c11-8-4-3-6-9-5-1-2-7-10(9)13-14-12/h1-3,5-7H,4,8H2. The Morgan fingerprint density at radius 3 is 2.93 bits per heavy atom. The van der Waals surface area contributed by atoms with Crippen LogP contribution in [0.25, 0.3) is 16.5 Å². The fourth-order valence-electron chi connectivity index (χ4n) is 1.04. The first-order valence-corrected chi connectivity index (χ1v) is 5.37. The molecule has 14 heavy (non-hydrogen) atoms. The molecular formula is C10H10BrN3. The van der Waals surface area contributed by atoms with Crippen LogP contribution in [0, 0.1) is 0 Å². The third-order valence-electron chi connectivity index (χ3n) is 1.66. The number of allylic oxidation sites excluding steroid dienone is 1. The SMILES string of the molecule is [N-]=[N+]=Nc1ccccc1C=CCCBr. The number of halogens is 1. The van der Waals surface area contributed by atoms with Crippen molar-refractivity contribution in [3.8, 4) is 0 Å². The summed E-state index contributed by atoms with van der Waals surface area (Å²) in [5.74, 6) is 0.